The van der Waals surface area contributed by atoms with Crippen LogP contribution in [0.2, 0.25) is 0 Å². The molecule has 3 aliphatic rings. The molecule has 2 aliphatic heterocycles. The maximum atomic E-state index is 12.3. The average molecular weight is 236 g/mol. The Labute approximate surface area is 100 Å². The van der Waals surface area contributed by atoms with Gasteiger partial charge in [-0.3, -0.25) is 4.79 Å². The second kappa shape index (κ2) is 3.96. The molecule has 2 heterocycles. The quantitative estimate of drug-likeness (QED) is 0.685. The summed E-state index contributed by atoms with van der Waals surface area (Å²) in [4.78, 5) is 12.3. The lowest BCUT2D eigenvalue weighted by Crippen LogP contribution is -2.27. The summed E-state index contributed by atoms with van der Waals surface area (Å²) in [6.07, 6.45) is 3.95. The van der Waals surface area contributed by atoms with Gasteiger partial charge in [-0.1, -0.05) is 12.2 Å². The molecule has 0 saturated carbocycles. The lowest BCUT2D eigenvalue weighted by atomic mass is 9.84. The zero-order chi connectivity index (χ0) is 12.0. The number of methoxy groups -OCH3 is 1. The summed E-state index contributed by atoms with van der Waals surface area (Å²) in [5.74, 6) is 0.885. The summed E-state index contributed by atoms with van der Waals surface area (Å²) < 4.78 is 16.5. The third-order valence-corrected chi connectivity index (χ3v) is 3.77. The van der Waals surface area contributed by atoms with E-state index in [0.29, 0.717) is 18.8 Å². The number of rotatable bonds is 4. The molecular weight excluding hydrogens is 220 g/mol. The van der Waals surface area contributed by atoms with Crippen LogP contribution in [-0.4, -0.2) is 38.3 Å². The molecule has 1 fully saturated rings. The molecule has 0 N–H and O–H groups in total. The van der Waals surface area contributed by atoms with Gasteiger partial charge in [0.15, 0.2) is 5.78 Å². The molecule has 4 heteroatoms. The van der Waals surface area contributed by atoms with Gasteiger partial charge in [0, 0.05) is 6.61 Å². The van der Waals surface area contributed by atoms with Crippen LogP contribution in [-0.2, 0) is 19.0 Å². The Bertz CT molecular complexity index is 410. The molecule has 1 saturated heterocycles. The van der Waals surface area contributed by atoms with E-state index in [1.54, 1.807) is 7.11 Å². The minimum absolute atomic E-state index is 0.00280. The fourth-order valence-corrected chi connectivity index (χ4v) is 3.06. The molecule has 0 aromatic heterocycles. The summed E-state index contributed by atoms with van der Waals surface area (Å²) in [5, 5.41) is 0. The van der Waals surface area contributed by atoms with Gasteiger partial charge < -0.3 is 14.2 Å². The Morgan fingerprint density at radius 2 is 2.00 bits per heavy atom. The highest BCUT2D eigenvalue weighted by atomic mass is 16.5. The molecule has 17 heavy (non-hydrogen) atoms. The predicted octanol–water partition coefficient (Wildman–Crippen LogP) is 1.08. The number of fused-ring (bicyclic) bond motifs is 5. The molecule has 3 rings (SSSR count). The Morgan fingerprint density at radius 3 is 2.65 bits per heavy atom. The van der Waals surface area contributed by atoms with Crippen LogP contribution in [0.25, 0.3) is 0 Å². The van der Waals surface area contributed by atoms with Crippen molar-refractivity contribution in [1.82, 2.24) is 0 Å². The van der Waals surface area contributed by atoms with Crippen LogP contribution in [0.15, 0.2) is 23.5 Å². The largest absolute Gasteiger partial charge is 0.500 e. The topological polar surface area (TPSA) is 44.8 Å². The molecule has 1 aliphatic carbocycles. The van der Waals surface area contributed by atoms with Crippen molar-refractivity contribution in [3.05, 3.63) is 23.5 Å². The minimum Gasteiger partial charge on any atom is -0.500 e. The zero-order valence-corrected chi connectivity index (χ0v) is 10.0. The van der Waals surface area contributed by atoms with Crippen LogP contribution >= 0.6 is 0 Å². The van der Waals surface area contributed by atoms with E-state index in [4.69, 9.17) is 14.2 Å². The van der Waals surface area contributed by atoms with Crippen molar-refractivity contribution in [2.75, 3.05) is 20.3 Å². The first-order chi connectivity index (χ1) is 8.27. The maximum absolute atomic E-state index is 12.3. The van der Waals surface area contributed by atoms with Crippen molar-refractivity contribution in [3.8, 4) is 0 Å². The Hall–Kier alpha value is -1.13. The van der Waals surface area contributed by atoms with Crippen molar-refractivity contribution in [2.45, 2.75) is 19.1 Å². The van der Waals surface area contributed by atoms with Crippen LogP contribution in [0.1, 0.15) is 6.92 Å². The van der Waals surface area contributed by atoms with Gasteiger partial charge in [-0.15, -0.1) is 0 Å². The summed E-state index contributed by atoms with van der Waals surface area (Å²) in [7, 11) is 1.62. The van der Waals surface area contributed by atoms with Crippen LogP contribution in [0, 0.1) is 11.8 Å². The van der Waals surface area contributed by atoms with E-state index in [1.165, 1.54) is 0 Å². The first-order valence-electron chi connectivity index (χ1n) is 6.00. The smallest absolute Gasteiger partial charge is 0.171 e. The van der Waals surface area contributed by atoms with Gasteiger partial charge in [-0.25, -0.2) is 0 Å². The number of hydrogen-bond donors (Lipinski definition) is 0. The first kappa shape index (κ1) is 11.0. The number of ketones is 1. The second-order valence-electron chi connectivity index (χ2n) is 4.55. The van der Waals surface area contributed by atoms with Crippen molar-refractivity contribution >= 4 is 5.78 Å². The molecule has 0 aromatic rings. The van der Waals surface area contributed by atoms with Crippen LogP contribution in [0.4, 0.5) is 0 Å². The van der Waals surface area contributed by atoms with Crippen molar-refractivity contribution in [3.63, 3.8) is 0 Å². The van der Waals surface area contributed by atoms with Crippen molar-refractivity contribution in [2.24, 2.45) is 11.8 Å². The second-order valence-corrected chi connectivity index (χ2v) is 4.55. The molecule has 92 valence electrons. The summed E-state index contributed by atoms with van der Waals surface area (Å²) >= 11 is 0. The molecule has 0 radical (unpaired) electrons. The number of carbonyl (C=O) groups is 1. The Kier molecular flexibility index (Phi) is 2.56. The number of hydrogen-bond acceptors (Lipinski definition) is 4. The van der Waals surface area contributed by atoms with Gasteiger partial charge in [0.2, 0.25) is 0 Å². The molecule has 0 spiro atoms. The van der Waals surface area contributed by atoms with Gasteiger partial charge in [0.1, 0.15) is 5.76 Å². The van der Waals surface area contributed by atoms with Gasteiger partial charge in [-0.05, 0) is 6.92 Å². The van der Waals surface area contributed by atoms with E-state index in [0.717, 1.165) is 5.76 Å². The third-order valence-electron chi connectivity index (χ3n) is 3.77. The van der Waals surface area contributed by atoms with E-state index >= 15 is 0 Å². The molecule has 2 bridgehead atoms. The van der Waals surface area contributed by atoms with E-state index in [-0.39, 0.29) is 29.8 Å². The fraction of sp³-hybridized carbons (Fsp3) is 0.615. The molecule has 4 nitrogen and oxygen atoms in total. The van der Waals surface area contributed by atoms with Crippen LogP contribution in [0.5, 0.6) is 0 Å². The van der Waals surface area contributed by atoms with E-state index in [1.807, 2.05) is 19.1 Å². The van der Waals surface area contributed by atoms with Crippen molar-refractivity contribution < 1.29 is 19.0 Å². The highest BCUT2D eigenvalue weighted by molar-refractivity contribution is 6.02. The van der Waals surface area contributed by atoms with E-state index in [2.05, 4.69) is 0 Å². The minimum atomic E-state index is -0.0876. The summed E-state index contributed by atoms with van der Waals surface area (Å²) in [5.41, 5.74) is 0.700. The van der Waals surface area contributed by atoms with Gasteiger partial charge in [-0.2, -0.15) is 0 Å². The zero-order valence-electron chi connectivity index (χ0n) is 10.0. The van der Waals surface area contributed by atoms with Crippen molar-refractivity contribution in [1.29, 1.82) is 0 Å². The first-order valence-corrected chi connectivity index (χ1v) is 6.00. The molecular formula is C13H16O4. The molecule has 0 unspecified atom stereocenters. The van der Waals surface area contributed by atoms with Gasteiger partial charge in [0.25, 0.3) is 0 Å². The maximum Gasteiger partial charge on any atom is 0.171 e. The van der Waals surface area contributed by atoms with Crippen LogP contribution < -0.4 is 0 Å². The summed E-state index contributed by atoms with van der Waals surface area (Å²) in [6, 6.07) is 0. The molecule has 0 aromatic carbocycles. The normalized spacial score (nSPS) is 38.1. The Morgan fingerprint density at radius 1 is 1.29 bits per heavy atom. The number of Topliss-reactive ketones (excluding diaryl/α,β-unsaturated/α-hetero) is 1. The highest BCUT2D eigenvalue weighted by Crippen LogP contribution is 2.49. The van der Waals surface area contributed by atoms with E-state index < -0.39 is 0 Å². The molecule has 0 amide bonds. The highest BCUT2D eigenvalue weighted by Gasteiger charge is 2.57. The Balaban J connectivity index is 1.92. The summed E-state index contributed by atoms with van der Waals surface area (Å²) in [6.45, 7) is 2.87. The molecule has 4 atom stereocenters. The fourth-order valence-electron chi connectivity index (χ4n) is 3.06. The standard InChI is InChI=1S/C13H16O4/c1-3-16-6-7-12(14)10-8-4-5-9(17-8)11(10)13(7)15-2/h4-5,8-11H,3,6H2,1-2H3/t8-,9+,10-,11+/m0/s1. The number of ether oxygens (including phenoxy) is 3. The van der Waals surface area contributed by atoms with Gasteiger partial charge in [0.05, 0.1) is 43.3 Å². The third kappa shape index (κ3) is 1.40. The number of carbonyl (C=O) groups excluding carboxylic acids is 1. The lowest BCUT2D eigenvalue weighted by Gasteiger charge is -2.17. The van der Waals surface area contributed by atoms with Crippen LogP contribution in [0.3, 0.4) is 0 Å². The SMILES string of the molecule is CCOCC1=C(OC)[C@H]2[C@@H](C1=O)[C@@H]1C=C[C@H]2O1. The average Bonchev–Trinajstić information content (AvgIpc) is 2.99. The predicted molar refractivity (Wildman–Crippen MR) is 60.3 cm³/mol. The monoisotopic (exact) mass is 236 g/mol. The van der Waals surface area contributed by atoms with E-state index in [9.17, 15) is 4.79 Å². The lowest BCUT2D eigenvalue weighted by molar-refractivity contribution is -0.120. The van der Waals surface area contributed by atoms with Gasteiger partial charge >= 0.3 is 0 Å².